The van der Waals surface area contributed by atoms with Gasteiger partial charge in [0.05, 0.1) is 41.2 Å². The van der Waals surface area contributed by atoms with Crippen LogP contribution in [0.15, 0.2) is 42.5 Å². The number of aromatic nitrogens is 2. The second-order valence-corrected chi connectivity index (χ2v) is 10.9. The number of carbonyl (C=O) groups excluding carboxylic acids is 2. The van der Waals surface area contributed by atoms with Crippen LogP contribution < -0.4 is 4.74 Å². The normalized spacial score (nSPS) is 14.6. The van der Waals surface area contributed by atoms with Crippen LogP contribution >= 0.6 is 11.6 Å². The van der Waals surface area contributed by atoms with E-state index in [1.54, 1.807) is 34.7 Å². The van der Waals surface area contributed by atoms with E-state index in [9.17, 15) is 14.7 Å². The molecule has 0 bridgehead atoms. The fourth-order valence-corrected chi connectivity index (χ4v) is 5.49. The molecule has 1 N–H and O–H groups in total. The van der Waals surface area contributed by atoms with Crippen molar-refractivity contribution in [2.75, 3.05) is 26.3 Å². The maximum Gasteiger partial charge on any atom is 0.275 e. The van der Waals surface area contributed by atoms with E-state index in [2.05, 4.69) is 18.9 Å². The second kappa shape index (κ2) is 14.0. The van der Waals surface area contributed by atoms with E-state index in [0.29, 0.717) is 55.4 Å². The summed E-state index contributed by atoms with van der Waals surface area (Å²) in [7, 11) is 0. The van der Waals surface area contributed by atoms with Crippen LogP contribution in [0.5, 0.6) is 5.75 Å². The van der Waals surface area contributed by atoms with E-state index >= 15 is 0 Å². The SMILES string of the molecule is CCCCN(CCCC)C(=O)c1nn(-c2ccc(OCC)cc2C(=O)N2Cc3ccccc3CC2CO)c(C)c1Cl. The maximum absolute atomic E-state index is 14.2. The van der Waals surface area contributed by atoms with Gasteiger partial charge in [0, 0.05) is 19.6 Å². The zero-order chi connectivity index (χ0) is 29.5. The van der Waals surface area contributed by atoms with Crippen molar-refractivity contribution in [2.24, 2.45) is 0 Å². The van der Waals surface area contributed by atoms with Gasteiger partial charge in [-0.05, 0) is 62.4 Å². The predicted molar refractivity (Wildman–Crippen MR) is 161 cm³/mol. The Morgan fingerprint density at radius 2 is 1.76 bits per heavy atom. The summed E-state index contributed by atoms with van der Waals surface area (Å²) in [5, 5.41) is 15.2. The number of aliphatic hydroxyl groups is 1. The summed E-state index contributed by atoms with van der Waals surface area (Å²) >= 11 is 6.75. The Morgan fingerprint density at radius 3 is 2.39 bits per heavy atom. The third kappa shape index (κ3) is 6.60. The fourth-order valence-electron chi connectivity index (χ4n) is 5.29. The van der Waals surface area contributed by atoms with E-state index in [1.807, 2.05) is 36.1 Å². The maximum atomic E-state index is 14.2. The molecule has 1 atom stereocenters. The topological polar surface area (TPSA) is 87.9 Å². The molecule has 0 saturated carbocycles. The molecule has 3 aromatic rings. The number of unbranched alkanes of at least 4 members (excludes halogenated alkanes) is 2. The van der Waals surface area contributed by atoms with Crippen LogP contribution in [0, 0.1) is 6.92 Å². The summed E-state index contributed by atoms with van der Waals surface area (Å²) in [5.41, 5.74) is 3.81. The van der Waals surface area contributed by atoms with Crippen LogP contribution in [-0.2, 0) is 13.0 Å². The Labute approximate surface area is 247 Å². The lowest BCUT2D eigenvalue weighted by Gasteiger charge is -2.36. The van der Waals surface area contributed by atoms with Crippen molar-refractivity contribution in [1.82, 2.24) is 19.6 Å². The molecule has 4 rings (SSSR count). The van der Waals surface area contributed by atoms with E-state index in [4.69, 9.17) is 16.3 Å². The lowest BCUT2D eigenvalue weighted by molar-refractivity contribution is 0.0543. The highest BCUT2D eigenvalue weighted by molar-refractivity contribution is 6.34. The quantitative estimate of drug-likeness (QED) is 0.291. The highest BCUT2D eigenvalue weighted by Crippen LogP contribution is 2.31. The second-order valence-electron chi connectivity index (χ2n) is 10.5. The minimum Gasteiger partial charge on any atom is -0.494 e. The van der Waals surface area contributed by atoms with Gasteiger partial charge >= 0.3 is 0 Å². The molecule has 8 nitrogen and oxygen atoms in total. The molecule has 0 spiro atoms. The summed E-state index contributed by atoms with van der Waals surface area (Å²) in [6, 6.07) is 12.9. The van der Waals surface area contributed by atoms with Gasteiger partial charge in [-0.25, -0.2) is 4.68 Å². The van der Waals surface area contributed by atoms with Gasteiger partial charge in [0.15, 0.2) is 5.69 Å². The molecule has 1 unspecified atom stereocenters. The van der Waals surface area contributed by atoms with Gasteiger partial charge in [0.1, 0.15) is 5.75 Å². The molecule has 1 aromatic heterocycles. The smallest absolute Gasteiger partial charge is 0.275 e. The minimum absolute atomic E-state index is 0.156. The third-order valence-corrected chi connectivity index (χ3v) is 8.11. The molecule has 1 aliphatic rings. The molecule has 220 valence electrons. The van der Waals surface area contributed by atoms with E-state index in [0.717, 1.165) is 36.8 Å². The van der Waals surface area contributed by atoms with Gasteiger partial charge in [-0.1, -0.05) is 62.6 Å². The number of amides is 2. The molecule has 2 amide bonds. The van der Waals surface area contributed by atoms with Crippen molar-refractivity contribution in [1.29, 1.82) is 0 Å². The number of aliphatic hydroxyl groups excluding tert-OH is 1. The highest BCUT2D eigenvalue weighted by atomic mass is 35.5. The van der Waals surface area contributed by atoms with Crippen LogP contribution in [0.1, 0.15) is 84.1 Å². The van der Waals surface area contributed by atoms with Crippen LogP contribution in [-0.4, -0.2) is 68.8 Å². The Hall–Kier alpha value is -3.36. The third-order valence-electron chi connectivity index (χ3n) is 7.66. The molecule has 2 aromatic carbocycles. The van der Waals surface area contributed by atoms with Crippen LogP contribution in [0.4, 0.5) is 0 Å². The first-order valence-electron chi connectivity index (χ1n) is 14.6. The number of nitrogens with zero attached hydrogens (tertiary/aromatic N) is 4. The van der Waals surface area contributed by atoms with E-state index < -0.39 is 0 Å². The number of halogens is 1. The van der Waals surface area contributed by atoms with Gasteiger partial charge in [-0.2, -0.15) is 5.10 Å². The van der Waals surface area contributed by atoms with Crippen LogP contribution in [0.2, 0.25) is 5.02 Å². The number of rotatable bonds is 12. The molecule has 0 saturated heterocycles. The Balaban J connectivity index is 1.76. The molecular weight excluding hydrogens is 540 g/mol. The Morgan fingerprint density at radius 1 is 1.07 bits per heavy atom. The lowest BCUT2D eigenvalue weighted by atomic mass is 9.93. The molecule has 9 heteroatoms. The number of benzene rings is 2. The Bertz CT molecular complexity index is 1360. The molecule has 0 radical (unpaired) electrons. The number of ether oxygens (including phenoxy) is 1. The molecular formula is C32H41ClN4O4. The number of hydrogen-bond acceptors (Lipinski definition) is 5. The monoisotopic (exact) mass is 580 g/mol. The number of hydrogen-bond donors (Lipinski definition) is 1. The number of carbonyl (C=O) groups is 2. The summed E-state index contributed by atoms with van der Waals surface area (Å²) in [6.07, 6.45) is 4.31. The summed E-state index contributed by atoms with van der Waals surface area (Å²) < 4.78 is 7.34. The molecule has 0 fully saturated rings. The van der Waals surface area contributed by atoms with Gasteiger partial charge in [-0.15, -0.1) is 0 Å². The van der Waals surface area contributed by atoms with Gasteiger partial charge in [-0.3, -0.25) is 9.59 Å². The lowest BCUT2D eigenvalue weighted by Crippen LogP contribution is -2.46. The van der Waals surface area contributed by atoms with Crippen molar-refractivity contribution >= 4 is 23.4 Å². The Kier molecular flexibility index (Phi) is 10.5. The molecule has 2 heterocycles. The fraction of sp³-hybridized carbons (Fsp3) is 0.469. The van der Waals surface area contributed by atoms with E-state index in [1.165, 1.54) is 0 Å². The standard InChI is InChI=1S/C32H41ClN4O4/c1-5-8-16-35(17-9-6-2)32(40)30-29(33)22(4)37(34-30)28-15-14-26(41-7-3)19-27(28)31(39)36-20-24-13-11-10-12-23(24)18-25(36)21-38/h10-15,19,25,38H,5-9,16-18,20-21H2,1-4H3. The average molecular weight is 581 g/mol. The van der Waals surface area contributed by atoms with Crippen molar-refractivity contribution in [3.05, 3.63) is 75.6 Å². The van der Waals surface area contributed by atoms with Gasteiger partial charge < -0.3 is 19.6 Å². The zero-order valence-corrected chi connectivity index (χ0v) is 25.3. The summed E-state index contributed by atoms with van der Waals surface area (Å²) in [5.74, 6) is 0.0992. The van der Waals surface area contributed by atoms with Crippen molar-refractivity contribution in [2.45, 2.75) is 72.4 Å². The van der Waals surface area contributed by atoms with Crippen LogP contribution in [0.25, 0.3) is 5.69 Å². The average Bonchev–Trinajstić information content (AvgIpc) is 3.29. The first kappa shape index (κ1) is 30.6. The highest BCUT2D eigenvalue weighted by Gasteiger charge is 2.33. The summed E-state index contributed by atoms with van der Waals surface area (Å²) in [6.45, 7) is 9.83. The first-order valence-corrected chi connectivity index (χ1v) is 15.0. The van der Waals surface area contributed by atoms with Crippen LogP contribution in [0.3, 0.4) is 0 Å². The van der Waals surface area contributed by atoms with Gasteiger partial charge in [0.25, 0.3) is 11.8 Å². The first-order chi connectivity index (χ1) is 19.8. The molecule has 41 heavy (non-hydrogen) atoms. The zero-order valence-electron chi connectivity index (χ0n) is 24.5. The van der Waals surface area contributed by atoms with Crippen molar-refractivity contribution in [3.63, 3.8) is 0 Å². The summed E-state index contributed by atoms with van der Waals surface area (Å²) in [4.78, 5) is 31.4. The predicted octanol–water partition coefficient (Wildman–Crippen LogP) is 5.83. The van der Waals surface area contributed by atoms with E-state index in [-0.39, 0.29) is 35.2 Å². The van der Waals surface area contributed by atoms with Crippen molar-refractivity contribution < 1.29 is 19.4 Å². The number of fused-ring (bicyclic) bond motifs is 1. The molecule has 1 aliphatic heterocycles. The minimum atomic E-state index is -0.369. The van der Waals surface area contributed by atoms with Gasteiger partial charge in [0.2, 0.25) is 0 Å². The molecule has 0 aliphatic carbocycles. The largest absolute Gasteiger partial charge is 0.494 e. The van der Waals surface area contributed by atoms with Crippen molar-refractivity contribution in [3.8, 4) is 11.4 Å².